The maximum atomic E-state index is 13.5. The standard InChI is InChI=1S/C25H31N3O4S/c1-17(18-9-6-5-7-10-18)26-23(29)19-11-8-14-28(16-19)33(31,32)20-12-13-22-21(15-20)25(2,3)24(30)27(22)4/h5-7,9-10,12-13,15,17,19H,8,11,14,16H2,1-4H3,(H,26,29)/t17-,19-/m1/s1. The molecule has 176 valence electrons. The van der Waals surface area contributed by atoms with Gasteiger partial charge in [0, 0.05) is 25.8 Å². The van der Waals surface area contributed by atoms with E-state index in [1.165, 1.54) is 4.31 Å². The molecule has 8 heteroatoms. The number of anilines is 1. The van der Waals surface area contributed by atoms with Gasteiger partial charge in [-0.25, -0.2) is 8.42 Å². The van der Waals surface area contributed by atoms with Crippen LogP contribution in [-0.4, -0.2) is 44.7 Å². The van der Waals surface area contributed by atoms with E-state index < -0.39 is 21.4 Å². The minimum absolute atomic E-state index is 0.0608. The van der Waals surface area contributed by atoms with E-state index in [9.17, 15) is 18.0 Å². The highest BCUT2D eigenvalue weighted by Crippen LogP contribution is 2.42. The first-order valence-corrected chi connectivity index (χ1v) is 12.8. The van der Waals surface area contributed by atoms with Gasteiger partial charge in [0.2, 0.25) is 21.8 Å². The second kappa shape index (κ2) is 8.57. The molecule has 0 aromatic heterocycles. The van der Waals surface area contributed by atoms with Gasteiger partial charge in [0.25, 0.3) is 0 Å². The summed E-state index contributed by atoms with van der Waals surface area (Å²) in [6.45, 7) is 6.07. The fourth-order valence-electron chi connectivity index (χ4n) is 4.79. The number of piperidine rings is 1. The number of sulfonamides is 1. The molecule has 0 saturated carbocycles. The summed E-state index contributed by atoms with van der Waals surface area (Å²) in [6.07, 6.45) is 1.27. The molecule has 2 aliphatic heterocycles. The summed E-state index contributed by atoms with van der Waals surface area (Å²) in [7, 11) is -2.09. The third kappa shape index (κ3) is 4.17. The molecule has 1 fully saturated rings. The topological polar surface area (TPSA) is 86.8 Å². The Bertz CT molecular complexity index is 1180. The molecule has 2 aromatic carbocycles. The summed E-state index contributed by atoms with van der Waals surface area (Å²) in [4.78, 5) is 27.2. The first-order valence-electron chi connectivity index (χ1n) is 11.3. The zero-order valence-corrected chi connectivity index (χ0v) is 20.4. The van der Waals surface area contributed by atoms with Crippen LogP contribution in [0.25, 0.3) is 0 Å². The molecule has 2 amide bonds. The molecule has 2 heterocycles. The number of hydrogen-bond donors (Lipinski definition) is 1. The van der Waals surface area contributed by atoms with Crippen LogP contribution in [0.15, 0.2) is 53.4 Å². The lowest BCUT2D eigenvalue weighted by molar-refractivity contribution is -0.126. The predicted octanol–water partition coefficient (Wildman–Crippen LogP) is 3.22. The molecule has 0 radical (unpaired) electrons. The average Bonchev–Trinajstić information content (AvgIpc) is 2.99. The zero-order valence-electron chi connectivity index (χ0n) is 19.5. The Balaban J connectivity index is 1.52. The number of likely N-dealkylation sites (N-methyl/N-ethyl adjacent to an activating group) is 1. The van der Waals surface area contributed by atoms with Gasteiger partial charge in [-0.1, -0.05) is 30.3 Å². The fourth-order valence-corrected chi connectivity index (χ4v) is 6.34. The largest absolute Gasteiger partial charge is 0.349 e. The van der Waals surface area contributed by atoms with Crippen LogP contribution in [0.1, 0.15) is 50.8 Å². The minimum atomic E-state index is -3.79. The van der Waals surface area contributed by atoms with E-state index in [1.807, 2.05) is 51.1 Å². The van der Waals surface area contributed by atoms with Crippen LogP contribution in [0.4, 0.5) is 5.69 Å². The number of nitrogens with one attached hydrogen (secondary N) is 1. The van der Waals surface area contributed by atoms with Gasteiger partial charge in [0.15, 0.2) is 0 Å². The number of hydrogen-bond acceptors (Lipinski definition) is 4. The van der Waals surface area contributed by atoms with E-state index in [0.29, 0.717) is 24.9 Å². The van der Waals surface area contributed by atoms with Crippen molar-refractivity contribution in [3.63, 3.8) is 0 Å². The maximum Gasteiger partial charge on any atom is 0.243 e. The number of rotatable bonds is 5. The van der Waals surface area contributed by atoms with Crippen LogP contribution in [-0.2, 0) is 25.0 Å². The highest BCUT2D eigenvalue weighted by atomic mass is 32.2. The van der Waals surface area contributed by atoms with E-state index in [-0.39, 0.29) is 29.3 Å². The summed E-state index contributed by atoms with van der Waals surface area (Å²) in [5.74, 6) is -0.596. The van der Waals surface area contributed by atoms with Crippen molar-refractivity contribution in [2.75, 3.05) is 25.0 Å². The van der Waals surface area contributed by atoms with E-state index >= 15 is 0 Å². The lowest BCUT2D eigenvalue weighted by Gasteiger charge is -2.32. The molecule has 0 bridgehead atoms. The zero-order chi connectivity index (χ0) is 24.0. The Labute approximate surface area is 195 Å². The fraction of sp³-hybridized carbons (Fsp3) is 0.440. The van der Waals surface area contributed by atoms with Crippen LogP contribution in [0.2, 0.25) is 0 Å². The summed E-state index contributed by atoms with van der Waals surface area (Å²) < 4.78 is 28.3. The summed E-state index contributed by atoms with van der Waals surface area (Å²) in [5.41, 5.74) is 1.66. The van der Waals surface area contributed by atoms with Gasteiger partial charge in [-0.05, 0) is 62.9 Å². The molecular weight excluding hydrogens is 438 g/mol. The third-order valence-corrected chi connectivity index (χ3v) is 8.75. The molecule has 4 rings (SSSR count). The third-order valence-electron chi connectivity index (χ3n) is 6.89. The molecular formula is C25H31N3O4S. The monoisotopic (exact) mass is 469 g/mol. The van der Waals surface area contributed by atoms with Crippen molar-refractivity contribution in [2.45, 2.75) is 50.0 Å². The molecule has 0 spiro atoms. The summed E-state index contributed by atoms with van der Waals surface area (Å²) in [6, 6.07) is 14.4. The first-order chi connectivity index (χ1) is 15.5. The van der Waals surface area contributed by atoms with Crippen molar-refractivity contribution in [1.29, 1.82) is 0 Å². The van der Waals surface area contributed by atoms with Gasteiger partial charge in [-0.3, -0.25) is 9.59 Å². The second-order valence-electron chi connectivity index (χ2n) is 9.51. The lowest BCUT2D eigenvalue weighted by Crippen LogP contribution is -2.45. The molecule has 2 atom stereocenters. The normalized spacial score (nSPS) is 21.5. The van der Waals surface area contributed by atoms with Gasteiger partial charge in [-0.15, -0.1) is 0 Å². The van der Waals surface area contributed by atoms with Crippen LogP contribution in [0.3, 0.4) is 0 Å². The van der Waals surface area contributed by atoms with Crippen LogP contribution >= 0.6 is 0 Å². The first kappa shape index (κ1) is 23.4. The molecule has 2 aromatic rings. The maximum absolute atomic E-state index is 13.5. The Hall–Kier alpha value is -2.71. The van der Waals surface area contributed by atoms with Crippen molar-refractivity contribution in [3.05, 3.63) is 59.7 Å². The SMILES string of the molecule is C[C@@H](NC(=O)[C@@H]1CCCN(S(=O)(=O)c2ccc3c(c2)C(C)(C)C(=O)N3C)C1)c1ccccc1. The predicted molar refractivity (Wildman–Crippen MR) is 127 cm³/mol. The van der Waals surface area contributed by atoms with E-state index in [1.54, 1.807) is 30.1 Å². The quantitative estimate of drug-likeness (QED) is 0.729. The average molecular weight is 470 g/mol. The molecule has 7 nitrogen and oxygen atoms in total. The van der Waals surface area contributed by atoms with Crippen LogP contribution in [0, 0.1) is 5.92 Å². The Morgan fingerprint density at radius 2 is 1.85 bits per heavy atom. The summed E-state index contributed by atoms with van der Waals surface area (Å²) in [5, 5.41) is 3.03. The van der Waals surface area contributed by atoms with Crippen molar-refractivity contribution in [2.24, 2.45) is 5.92 Å². The smallest absolute Gasteiger partial charge is 0.243 e. The van der Waals surface area contributed by atoms with Gasteiger partial charge in [-0.2, -0.15) is 4.31 Å². The van der Waals surface area contributed by atoms with E-state index in [0.717, 1.165) is 11.3 Å². The van der Waals surface area contributed by atoms with Gasteiger partial charge in [0.05, 0.1) is 22.3 Å². The molecule has 33 heavy (non-hydrogen) atoms. The number of fused-ring (bicyclic) bond motifs is 1. The number of amides is 2. The highest BCUT2D eigenvalue weighted by molar-refractivity contribution is 7.89. The number of nitrogens with zero attached hydrogens (tertiary/aromatic N) is 2. The number of carbonyl (C=O) groups excluding carboxylic acids is 2. The van der Waals surface area contributed by atoms with Crippen molar-refractivity contribution in [1.82, 2.24) is 9.62 Å². The Morgan fingerprint density at radius 3 is 2.55 bits per heavy atom. The second-order valence-corrected chi connectivity index (χ2v) is 11.4. The minimum Gasteiger partial charge on any atom is -0.349 e. The number of carbonyl (C=O) groups is 2. The van der Waals surface area contributed by atoms with Gasteiger partial charge < -0.3 is 10.2 Å². The van der Waals surface area contributed by atoms with Gasteiger partial charge in [0.1, 0.15) is 0 Å². The van der Waals surface area contributed by atoms with E-state index in [2.05, 4.69) is 5.32 Å². The van der Waals surface area contributed by atoms with Crippen LogP contribution < -0.4 is 10.2 Å². The summed E-state index contributed by atoms with van der Waals surface area (Å²) >= 11 is 0. The van der Waals surface area contributed by atoms with Gasteiger partial charge >= 0.3 is 0 Å². The molecule has 0 unspecified atom stereocenters. The van der Waals surface area contributed by atoms with Crippen molar-refractivity contribution >= 4 is 27.5 Å². The van der Waals surface area contributed by atoms with Crippen LogP contribution in [0.5, 0.6) is 0 Å². The van der Waals surface area contributed by atoms with Crippen molar-refractivity contribution < 1.29 is 18.0 Å². The van der Waals surface area contributed by atoms with E-state index in [4.69, 9.17) is 0 Å². The Kier molecular flexibility index (Phi) is 6.09. The molecule has 0 aliphatic carbocycles. The molecule has 1 saturated heterocycles. The van der Waals surface area contributed by atoms with Crippen molar-refractivity contribution in [3.8, 4) is 0 Å². The molecule has 1 N–H and O–H groups in total. The molecule has 2 aliphatic rings. The number of benzene rings is 2. The lowest BCUT2D eigenvalue weighted by atomic mass is 9.86. The Morgan fingerprint density at radius 1 is 1.15 bits per heavy atom. The highest BCUT2D eigenvalue weighted by Gasteiger charge is 2.43.